The second-order valence-electron chi connectivity index (χ2n) is 7.05. The average molecular weight is 388 g/mol. The number of pyridine rings is 1. The van der Waals surface area contributed by atoms with Crippen molar-refractivity contribution in [2.45, 2.75) is 26.3 Å². The lowest BCUT2D eigenvalue weighted by molar-refractivity contribution is -0.384. The molecule has 0 N–H and O–H groups in total. The zero-order chi connectivity index (χ0) is 20.4. The summed E-state index contributed by atoms with van der Waals surface area (Å²) >= 11 is 0. The van der Waals surface area contributed by atoms with Crippen LogP contribution in [0.15, 0.2) is 42.5 Å². The van der Waals surface area contributed by atoms with Gasteiger partial charge >= 0.3 is 0 Å². The molecule has 1 aliphatic rings. The lowest BCUT2D eigenvalue weighted by Gasteiger charge is -2.30. The number of rotatable bonds is 5. The number of nitro groups is 1. The molecule has 0 spiro atoms. The molecule has 3 aromatic rings. The molecule has 0 radical (unpaired) electrons. The molecule has 0 saturated heterocycles. The van der Waals surface area contributed by atoms with Crippen molar-refractivity contribution in [3.63, 3.8) is 0 Å². The van der Waals surface area contributed by atoms with Gasteiger partial charge in [0.15, 0.2) is 0 Å². The smallest absolute Gasteiger partial charge is 0.270 e. The third-order valence-corrected chi connectivity index (χ3v) is 5.10. The standard InChI is InChI=1S/C22H20N4O3/c1-2-9-29-19-5-3-16-14-25(8-7-15(16)10-19)22-11-17(13-23)20-12-18(26(27)28)4-6-21(20)24-22/h3-6,10-12H,2,7-9,14H2,1H3. The van der Waals surface area contributed by atoms with E-state index in [-0.39, 0.29) is 5.69 Å². The van der Waals surface area contributed by atoms with Crippen LogP contribution in [0.4, 0.5) is 11.5 Å². The summed E-state index contributed by atoms with van der Waals surface area (Å²) in [5.74, 6) is 1.61. The number of nitriles is 1. The molecule has 7 heteroatoms. The maximum atomic E-state index is 11.0. The fraction of sp³-hybridized carbons (Fsp3) is 0.273. The molecule has 2 aromatic carbocycles. The Morgan fingerprint density at radius 2 is 2.10 bits per heavy atom. The Morgan fingerprint density at radius 1 is 1.24 bits per heavy atom. The van der Waals surface area contributed by atoms with Gasteiger partial charge < -0.3 is 9.64 Å². The van der Waals surface area contributed by atoms with Crippen LogP contribution in [0, 0.1) is 21.4 Å². The van der Waals surface area contributed by atoms with Crippen molar-refractivity contribution in [2.24, 2.45) is 0 Å². The predicted octanol–water partition coefficient (Wildman–Crippen LogP) is 4.37. The Hall–Kier alpha value is -3.66. The fourth-order valence-electron chi connectivity index (χ4n) is 3.60. The first-order chi connectivity index (χ1) is 14.1. The Kier molecular flexibility index (Phi) is 5.00. The van der Waals surface area contributed by atoms with E-state index in [9.17, 15) is 15.4 Å². The molecule has 1 aliphatic heterocycles. The highest BCUT2D eigenvalue weighted by molar-refractivity contribution is 5.88. The van der Waals surface area contributed by atoms with Gasteiger partial charge in [-0.25, -0.2) is 4.98 Å². The second kappa shape index (κ2) is 7.76. The topological polar surface area (TPSA) is 92.3 Å². The van der Waals surface area contributed by atoms with Crippen LogP contribution in [0.5, 0.6) is 5.75 Å². The quantitative estimate of drug-likeness (QED) is 0.476. The summed E-state index contributed by atoms with van der Waals surface area (Å²) in [6.45, 7) is 4.27. The van der Waals surface area contributed by atoms with Gasteiger partial charge in [0.2, 0.25) is 0 Å². The number of anilines is 1. The number of fused-ring (bicyclic) bond motifs is 2. The van der Waals surface area contributed by atoms with E-state index in [1.54, 1.807) is 12.1 Å². The molecule has 0 atom stereocenters. The predicted molar refractivity (Wildman–Crippen MR) is 110 cm³/mol. The minimum absolute atomic E-state index is 0.0449. The molecule has 4 rings (SSSR count). The third-order valence-electron chi connectivity index (χ3n) is 5.10. The molecule has 0 aliphatic carbocycles. The van der Waals surface area contributed by atoms with E-state index in [0.29, 0.717) is 35.4 Å². The summed E-state index contributed by atoms with van der Waals surface area (Å²) in [6, 6.07) is 14.5. The van der Waals surface area contributed by atoms with Crippen LogP contribution in [0.2, 0.25) is 0 Å². The molecule has 1 aromatic heterocycles. The summed E-state index contributed by atoms with van der Waals surface area (Å²) in [6.07, 6.45) is 1.84. The molecule has 146 valence electrons. The van der Waals surface area contributed by atoms with Gasteiger partial charge in [-0.15, -0.1) is 0 Å². The monoisotopic (exact) mass is 388 g/mol. The van der Waals surface area contributed by atoms with Crippen LogP contribution in [0.3, 0.4) is 0 Å². The number of non-ortho nitro benzene ring substituents is 1. The SMILES string of the molecule is CCCOc1ccc2c(c1)CCN(c1cc(C#N)c3cc([N+](=O)[O-])ccc3n1)C2. The van der Waals surface area contributed by atoms with Gasteiger partial charge in [-0.05, 0) is 48.2 Å². The van der Waals surface area contributed by atoms with Crippen LogP contribution >= 0.6 is 0 Å². The minimum Gasteiger partial charge on any atom is -0.494 e. The van der Waals surface area contributed by atoms with Crippen molar-refractivity contribution < 1.29 is 9.66 Å². The Labute approximate surface area is 168 Å². The van der Waals surface area contributed by atoms with E-state index >= 15 is 0 Å². The van der Waals surface area contributed by atoms with Crippen molar-refractivity contribution in [1.29, 1.82) is 5.26 Å². The van der Waals surface area contributed by atoms with Crippen LogP contribution in [0.25, 0.3) is 10.9 Å². The van der Waals surface area contributed by atoms with Crippen molar-refractivity contribution >= 4 is 22.4 Å². The molecule has 0 unspecified atom stereocenters. The van der Waals surface area contributed by atoms with Crippen LogP contribution in [-0.4, -0.2) is 23.1 Å². The number of nitro benzene ring substituents is 1. The summed E-state index contributed by atoms with van der Waals surface area (Å²) in [5.41, 5.74) is 3.41. The van der Waals surface area contributed by atoms with Crippen LogP contribution in [-0.2, 0) is 13.0 Å². The molecule has 0 saturated carbocycles. The summed E-state index contributed by atoms with van der Waals surface area (Å²) < 4.78 is 5.73. The number of hydrogen-bond acceptors (Lipinski definition) is 6. The van der Waals surface area contributed by atoms with Gasteiger partial charge in [0.1, 0.15) is 11.6 Å². The maximum Gasteiger partial charge on any atom is 0.270 e. The zero-order valence-corrected chi connectivity index (χ0v) is 16.1. The number of ether oxygens (including phenoxy) is 1. The van der Waals surface area contributed by atoms with Gasteiger partial charge in [0, 0.05) is 30.6 Å². The molecular formula is C22H20N4O3. The molecule has 0 amide bonds. The van der Waals surface area contributed by atoms with Gasteiger partial charge in [0.25, 0.3) is 5.69 Å². The van der Waals surface area contributed by atoms with Gasteiger partial charge in [-0.1, -0.05) is 13.0 Å². The van der Waals surface area contributed by atoms with Crippen molar-refractivity contribution in [3.8, 4) is 11.8 Å². The van der Waals surface area contributed by atoms with E-state index < -0.39 is 4.92 Å². The molecule has 0 bridgehead atoms. The first kappa shape index (κ1) is 18.7. The normalized spacial score (nSPS) is 13.0. The van der Waals surface area contributed by atoms with Gasteiger partial charge in [-0.2, -0.15) is 5.26 Å². The van der Waals surface area contributed by atoms with Gasteiger partial charge in [0.05, 0.1) is 28.7 Å². The fourth-order valence-corrected chi connectivity index (χ4v) is 3.60. The number of nitrogens with zero attached hydrogens (tertiary/aromatic N) is 4. The van der Waals surface area contributed by atoms with E-state index in [4.69, 9.17) is 4.74 Å². The summed E-state index contributed by atoms with van der Waals surface area (Å²) in [7, 11) is 0. The lowest BCUT2D eigenvalue weighted by atomic mass is 9.99. The van der Waals surface area contributed by atoms with Crippen molar-refractivity contribution in [1.82, 2.24) is 4.98 Å². The largest absolute Gasteiger partial charge is 0.494 e. The van der Waals surface area contributed by atoms with Crippen molar-refractivity contribution in [3.05, 3.63) is 69.3 Å². The highest BCUT2D eigenvalue weighted by Gasteiger charge is 2.20. The Morgan fingerprint density at radius 3 is 2.86 bits per heavy atom. The number of aromatic nitrogens is 1. The average Bonchev–Trinajstić information content (AvgIpc) is 2.75. The number of hydrogen-bond donors (Lipinski definition) is 0. The van der Waals surface area contributed by atoms with Gasteiger partial charge in [-0.3, -0.25) is 10.1 Å². The molecule has 2 heterocycles. The Balaban J connectivity index is 1.65. The minimum atomic E-state index is -0.464. The van der Waals surface area contributed by atoms with E-state index in [1.165, 1.54) is 23.3 Å². The van der Waals surface area contributed by atoms with E-state index in [1.807, 2.05) is 6.07 Å². The summed E-state index contributed by atoms with van der Waals surface area (Å²) in [4.78, 5) is 17.4. The maximum absolute atomic E-state index is 11.0. The molecular weight excluding hydrogens is 368 g/mol. The Bertz CT molecular complexity index is 1140. The number of benzene rings is 2. The first-order valence-corrected chi connectivity index (χ1v) is 9.58. The molecule has 29 heavy (non-hydrogen) atoms. The van der Waals surface area contributed by atoms with Crippen LogP contribution < -0.4 is 9.64 Å². The third kappa shape index (κ3) is 3.69. The lowest BCUT2D eigenvalue weighted by Crippen LogP contribution is -2.31. The van der Waals surface area contributed by atoms with E-state index in [2.05, 4.69) is 35.0 Å². The first-order valence-electron chi connectivity index (χ1n) is 9.58. The van der Waals surface area contributed by atoms with Crippen molar-refractivity contribution in [2.75, 3.05) is 18.1 Å². The van der Waals surface area contributed by atoms with E-state index in [0.717, 1.165) is 25.1 Å². The highest BCUT2D eigenvalue weighted by atomic mass is 16.6. The zero-order valence-electron chi connectivity index (χ0n) is 16.1. The summed E-state index contributed by atoms with van der Waals surface area (Å²) in [5, 5.41) is 21.1. The highest BCUT2D eigenvalue weighted by Crippen LogP contribution is 2.30. The second-order valence-corrected chi connectivity index (χ2v) is 7.05. The van der Waals surface area contributed by atoms with Crippen LogP contribution in [0.1, 0.15) is 30.0 Å². The molecule has 0 fully saturated rings. The molecule has 7 nitrogen and oxygen atoms in total.